The van der Waals surface area contributed by atoms with Crippen LogP contribution in [0.2, 0.25) is 0 Å². The van der Waals surface area contributed by atoms with Crippen LogP contribution >= 0.6 is 0 Å². The number of likely N-dealkylation sites (tertiary alicyclic amines) is 1. The number of rotatable bonds is 3. The van der Waals surface area contributed by atoms with Crippen molar-refractivity contribution >= 4 is 6.09 Å². The van der Waals surface area contributed by atoms with Crippen LogP contribution in [0.15, 0.2) is 0 Å². The summed E-state index contributed by atoms with van der Waals surface area (Å²) < 4.78 is 0. The number of carbonyl (C=O) groups is 1. The SMILES string of the molecule is CN(C)CCC1CCN(C(=O)O)CC1. The maximum atomic E-state index is 10.6. The van der Waals surface area contributed by atoms with Crippen LogP contribution in [0.3, 0.4) is 0 Å². The summed E-state index contributed by atoms with van der Waals surface area (Å²) in [6, 6.07) is 0. The minimum absolute atomic E-state index is 0.716. The summed E-state index contributed by atoms with van der Waals surface area (Å²) in [4.78, 5) is 14.3. The van der Waals surface area contributed by atoms with Crippen molar-refractivity contribution < 1.29 is 9.90 Å². The average molecular weight is 200 g/mol. The van der Waals surface area contributed by atoms with Gasteiger partial charge in [-0.05, 0) is 45.8 Å². The summed E-state index contributed by atoms with van der Waals surface area (Å²) in [6.07, 6.45) is 2.48. The molecule has 14 heavy (non-hydrogen) atoms. The highest BCUT2D eigenvalue weighted by molar-refractivity contribution is 5.64. The topological polar surface area (TPSA) is 43.8 Å². The quantitative estimate of drug-likeness (QED) is 0.747. The molecule has 0 bridgehead atoms. The Labute approximate surface area is 85.5 Å². The maximum Gasteiger partial charge on any atom is 0.407 e. The van der Waals surface area contributed by atoms with E-state index in [-0.39, 0.29) is 0 Å². The second-order valence-corrected chi connectivity index (χ2v) is 4.30. The summed E-state index contributed by atoms with van der Waals surface area (Å²) in [6.45, 7) is 2.54. The molecule has 0 saturated carbocycles. The van der Waals surface area contributed by atoms with Crippen LogP contribution in [-0.2, 0) is 0 Å². The normalized spacial score (nSPS) is 18.9. The van der Waals surface area contributed by atoms with E-state index in [1.165, 1.54) is 11.3 Å². The van der Waals surface area contributed by atoms with Crippen molar-refractivity contribution in [2.45, 2.75) is 19.3 Å². The van der Waals surface area contributed by atoms with E-state index >= 15 is 0 Å². The van der Waals surface area contributed by atoms with Crippen molar-refractivity contribution in [2.75, 3.05) is 33.7 Å². The van der Waals surface area contributed by atoms with Crippen LogP contribution in [0, 0.1) is 5.92 Å². The highest BCUT2D eigenvalue weighted by atomic mass is 16.4. The molecule has 1 rings (SSSR count). The Kier molecular flexibility index (Phi) is 4.20. The van der Waals surface area contributed by atoms with E-state index < -0.39 is 6.09 Å². The van der Waals surface area contributed by atoms with Crippen LogP contribution in [-0.4, -0.2) is 54.7 Å². The van der Waals surface area contributed by atoms with E-state index in [0.29, 0.717) is 19.0 Å². The highest BCUT2D eigenvalue weighted by Crippen LogP contribution is 2.20. The Bertz CT molecular complexity index is 187. The predicted octanol–water partition coefficient (Wildman–Crippen LogP) is 1.33. The van der Waals surface area contributed by atoms with Crippen molar-refractivity contribution in [1.29, 1.82) is 0 Å². The molecule has 1 N–H and O–H groups in total. The number of carboxylic acid groups (broad SMARTS) is 1. The Morgan fingerprint density at radius 2 is 2.00 bits per heavy atom. The van der Waals surface area contributed by atoms with Crippen molar-refractivity contribution in [3.05, 3.63) is 0 Å². The maximum absolute atomic E-state index is 10.6. The van der Waals surface area contributed by atoms with E-state index in [2.05, 4.69) is 19.0 Å². The first-order chi connectivity index (χ1) is 6.59. The van der Waals surface area contributed by atoms with E-state index in [1.807, 2.05) is 0 Å². The average Bonchev–Trinajstić information content (AvgIpc) is 2.15. The largest absolute Gasteiger partial charge is 0.465 e. The van der Waals surface area contributed by atoms with Gasteiger partial charge in [-0.1, -0.05) is 0 Å². The Morgan fingerprint density at radius 1 is 1.43 bits per heavy atom. The summed E-state index contributed by atoms with van der Waals surface area (Å²) >= 11 is 0. The molecule has 0 aliphatic carbocycles. The molecule has 0 aromatic rings. The fraction of sp³-hybridized carbons (Fsp3) is 0.900. The molecular weight excluding hydrogens is 180 g/mol. The van der Waals surface area contributed by atoms with Gasteiger partial charge in [0.2, 0.25) is 0 Å². The van der Waals surface area contributed by atoms with E-state index in [4.69, 9.17) is 5.11 Å². The molecule has 0 radical (unpaired) electrons. The number of piperidine rings is 1. The fourth-order valence-electron chi connectivity index (χ4n) is 1.85. The minimum Gasteiger partial charge on any atom is -0.465 e. The third-order valence-corrected chi connectivity index (χ3v) is 2.87. The zero-order valence-electron chi connectivity index (χ0n) is 9.07. The molecule has 0 spiro atoms. The molecule has 1 amide bonds. The summed E-state index contributed by atoms with van der Waals surface area (Å²) in [5, 5.41) is 8.76. The predicted molar refractivity (Wildman–Crippen MR) is 55.5 cm³/mol. The second-order valence-electron chi connectivity index (χ2n) is 4.30. The smallest absolute Gasteiger partial charge is 0.407 e. The van der Waals surface area contributed by atoms with Crippen molar-refractivity contribution in [2.24, 2.45) is 5.92 Å². The number of nitrogens with zero attached hydrogens (tertiary/aromatic N) is 2. The van der Waals surface area contributed by atoms with Crippen LogP contribution in [0.1, 0.15) is 19.3 Å². The molecule has 1 aliphatic rings. The lowest BCUT2D eigenvalue weighted by molar-refractivity contribution is 0.121. The van der Waals surface area contributed by atoms with Crippen LogP contribution in [0.4, 0.5) is 4.79 Å². The third-order valence-electron chi connectivity index (χ3n) is 2.87. The first-order valence-electron chi connectivity index (χ1n) is 5.22. The van der Waals surface area contributed by atoms with Crippen LogP contribution < -0.4 is 0 Å². The van der Waals surface area contributed by atoms with Crippen molar-refractivity contribution in [1.82, 2.24) is 9.80 Å². The monoisotopic (exact) mass is 200 g/mol. The van der Waals surface area contributed by atoms with Crippen molar-refractivity contribution in [3.63, 3.8) is 0 Å². The lowest BCUT2D eigenvalue weighted by Crippen LogP contribution is -2.38. The number of hydrogen-bond acceptors (Lipinski definition) is 2. The second kappa shape index (κ2) is 5.20. The molecule has 4 nitrogen and oxygen atoms in total. The summed E-state index contributed by atoms with van der Waals surface area (Å²) in [7, 11) is 4.15. The summed E-state index contributed by atoms with van der Waals surface area (Å²) in [5.41, 5.74) is 0. The van der Waals surface area contributed by atoms with Gasteiger partial charge in [0.05, 0.1) is 0 Å². The minimum atomic E-state index is -0.768. The molecule has 1 saturated heterocycles. The first kappa shape index (κ1) is 11.3. The van der Waals surface area contributed by atoms with E-state index in [0.717, 1.165) is 19.4 Å². The fourth-order valence-corrected chi connectivity index (χ4v) is 1.85. The van der Waals surface area contributed by atoms with E-state index in [1.54, 1.807) is 0 Å². The lowest BCUT2D eigenvalue weighted by atomic mass is 9.94. The highest BCUT2D eigenvalue weighted by Gasteiger charge is 2.21. The third kappa shape index (κ3) is 3.54. The van der Waals surface area contributed by atoms with Gasteiger partial charge in [0.1, 0.15) is 0 Å². The van der Waals surface area contributed by atoms with Gasteiger partial charge in [-0.3, -0.25) is 0 Å². The molecule has 82 valence electrons. The van der Waals surface area contributed by atoms with Gasteiger partial charge >= 0.3 is 6.09 Å². The zero-order chi connectivity index (χ0) is 10.6. The number of hydrogen-bond donors (Lipinski definition) is 1. The van der Waals surface area contributed by atoms with Crippen LogP contribution in [0.25, 0.3) is 0 Å². The first-order valence-corrected chi connectivity index (χ1v) is 5.22. The molecule has 0 aromatic heterocycles. The molecule has 1 fully saturated rings. The van der Waals surface area contributed by atoms with Gasteiger partial charge < -0.3 is 14.9 Å². The molecule has 0 aromatic carbocycles. The standard InChI is InChI=1S/C10H20N2O2/c1-11(2)6-3-9-4-7-12(8-5-9)10(13)14/h9H,3-8H2,1-2H3,(H,13,14). The van der Waals surface area contributed by atoms with Gasteiger partial charge in [0.25, 0.3) is 0 Å². The number of amides is 1. The Morgan fingerprint density at radius 3 is 2.43 bits per heavy atom. The Balaban J connectivity index is 2.19. The van der Waals surface area contributed by atoms with Gasteiger partial charge in [-0.25, -0.2) is 4.79 Å². The lowest BCUT2D eigenvalue weighted by Gasteiger charge is -2.30. The zero-order valence-corrected chi connectivity index (χ0v) is 9.07. The molecular formula is C10H20N2O2. The van der Waals surface area contributed by atoms with Crippen molar-refractivity contribution in [3.8, 4) is 0 Å². The molecule has 0 atom stereocenters. The summed E-state index contributed by atoms with van der Waals surface area (Å²) in [5.74, 6) is 0.716. The molecule has 1 heterocycles. The molecule has 4 heteroatoms. The Hall–Kier alpha value is -0.770. The van der Waals surface area contributed by atoms with Gasteiger partial charge in [0.15, 0.2) is 0 Å². The van der Waals surface area contributed by atoms with Gasteiger partial charge in [-0.15, -0.1) is 0 Å². The van der Waals surface area contributed by atoms with Crippen LogP contribution in [0.5, 0.6) is 0 Å². The molecule has 1 aliphatic heterocycles. The molecule has 0 unspecified atom stereocenters. The van der Waals surface area contributed by atoms with Gasteiger partial charge in [-0.2, -0.15) is 0 Å². The van der Waals surface area contributed by atoms with Gasteiger partial charge in [0, 0.05) is 13.1 Å². The van der Waals surface area contributed by atoms with E-state index in [9.17, 15) is 4.79 Å².